The Kier molecular flexibility index (Phi) is 4.49. The molecule has 0 saturated carbocycles. The van der Waals surface area contributed by atoms with Crippen LogP contribution in [-0.2, 0) is 9.84 Å². The van der Waals surface area contributed by atoms with E-state index in [9.17, 15) is 13.2 Å². The first-order valence-corrected chi connectivity index (χ1v) is 8.77. The van der Waals surface area contributed by atoms with Crippen molar-refractivity contribution in [3.8, 4) is 5.75 Å². The third-order valence-electron chi connectivity index (χ3n) is 3.75. The van der Waals surface area contributed by atoms with Crippen molar-refractivity contribution in [3.63, 3.8) is 0 Å². The number of carbonyl (C=O) groups excluding carboxylic acids is 1. The standard InChI is InChI=1S/C14H18ClNO4S/c1-9-6-10(15)7-12(13(9)20-3)14(17)16(2)11-4-5-21(18,19)8-11/h6-7,11H,4-5,8H2,1-3H3. The zero-order valence-corrected chi connectivity index (χ0v) is 13.8. The van der Waals surface area contributed by atoms with Crippen LogP contribution >= 0.6 is 11.6 Å². The van der Waals surface area contributed by atoms with Gasteiger partial charge in [-0.1, -0.05) is 11.6 Å². The highest BCUT2D eigenvalue weighted by atomic mass is 35.5. The smallest absolute Gasteiger partial charge is 0.257 e. The Bertz CT molecular complexity index is 672. The first-order chi connectivity index (χ1) is 9.75. The second-order valence-corrected chi connectivity index (χ2v) is 7.94. The van der Waals surface area contributed by atoms with Gasteiger partial charge in [0, 0.05) is 18.1 Å². The molecule has 0 radical (unpaired) electrons. The van der Waals surface area contributed by atoms with E-state index in [2.05, 4.69) is 0 Å². The van der Waals surface area contributed by atoms with E-state index in [-0.39, 0.29) is 23.5 Å². The van der Waals surface area contributed by atoms with E-state index in [0.717, 1.165) is 5.56 Å². The lowest BCUT2D eigenvalue weighted by atomic mass is 10.1. The van der Waals surface area contributed by atoms with Crippen LogP contribution in [0.1, 0.15) is 22.3 Å². The molecule has 0 bridgehead atoms. The Hall–Kier alpha value is -1.27. The molecule has 21 heavy (non-hydrogen) atoms. The van der Waals surface area contributed by atoms with Crippen molar-refractivity contribution in [1.82, 2.24) is 4.90 Å². The predicted octanol–water partition coefficient (Wildman–Crippen LogP) is 1.92. The minimum Gasteiger partial charge on any atom is -0.496 e. The van der Waals surface area contributed by atoms with Crippen LogP contribution in [0.2, 0.25) is 5.02 Å². The molecule has 1 aromatic carbocycles. The lowest BCUT2D eigenvalue weighted by molar-refractivity contribution is 0.0744. The van der Waals surface area contributed by atoms with Gasteiger partial charge in [-0.2, -0.15) is 0 Å². The van der Waals surface area contributed by atoms with Crippen LogP contribution in [0.3, 0.4) is 0 Å². The molecule has 1 fully saturated rings. The summed E-state index contributed by atoms with van der Waals surface area (Å²) in [6, 6.07) is 2.97. The molecule has 2 rings (SSSR count). The van der Waals surface area contributed by atoms with E-state index < -0.39 is 9.84 Å². The number of sulfone groups is 1. The maximum atomic E-state index is 12.6. The van der Waals surface area contributed by atoms with Gasteiger partial charge < -0.3 is 9.64 Å². The number of halogens is 1. The van der Waals surface area contributed by atoms with Gasteiger partial charge in [-0.05, 0) is 31.0 Å². The van der Waals surface area contributed by atoms with Crippen molar-refractivity contribution in [3.05, 3.63) is 28.3 Å². The van der Waals surface area contributed by atoms with Gasteiger partial charge in [-0.25, -0.2) is 8.42 Å². The van der Waals surface area contributed by atoms with Gasteiger partial charge in [0.05, 0.1) is 24.2 Å². The van der Waals surface area contributed by atoms with Gasteiger partial charge in [0.2, 0.25) is 0 Å². The number of hydrogen-bond donors (Lipinski definition) is 0. The number of rotatable bonds is 3. The summed E-state index contributed by atoms with van der Waals surface area (Å²) < 4.78 is 28.4. The molecule has 0 spiro atoms. The molecule has 1 saturated heterocycles. The van der Waals surface area contributed by atoms with Crippen molar-refractivity contribution in [1.29, 1.82) is 0 Å². The number of methoxy groups -OCH3 is 1. The van der Waals surface area contributed by atoms with Gasteiger partial charge in [-0.3, -0.25) is 4.79 Å². The molecule has 5 nitrogen and oxygen atoms in total. The molecule has 0 N–H and O–H groups in total. The molecule has 1 aromatic rings. The summed E-state index contributed by atoms with van der Waals surface area (Å²) in [6.45, 7) is 1.81. The van der Waals surface area contributed by atoms with Gasteiger partial charge in [-0.15, -0.1) is 0 Å². The van der Waals surface area contributed by atoms with Crippen molar-refractivity contribution in [2.45, 2.75) is 19.4 Å². The third-order valence-corrected chi connectivity index (χ3v) is 5.72. The maximum Gasteiger partial charge on any atom is 0.257 e. The van der Waals surface area contributed by atoms with Crippen LogP contribution in [-0.4, -0.2) is 50.9 Å². The Labute approximate surface area is 129 Å². The minimum absolute atomic E-state index is 0.0110. The quantitative estimate of drug-likeness (QED) is 0.848. The number of aryl methyl sites for hydroxylation is 1. The van der Waals surface area contributed by atoms with E-state index in [1.54, 1.807) is 19.2 Å². The molecule has 1 aliphatic rings. The Morgan fingerprint density at radius 1 is 1.43 bits per heavy atom. The van der Waals surface area contributed by atoms with Crippen LogP contribution in [0, 0.1) is 6.92 Å². The zero-order chi connectivity index (χ0) is 15.8. The lowest BCUT2D eigenvalue weighted by Gasteiger charge is -2.24. The van der Waals surface area contributed by atoms with Crippen LogP contribution in [0.25, 0.3) is 0 Å². The van der Waals surface area contributed by atoms with E-state index in [4.69, 9.17) is 16.3 Å². The minimum atomic E-state index is -3.04. The van der Waals surface area contributed by atoms with Crippen molar-refractivity contribution in [2.24, 2.45) is 0 Å². The predicted molar refractivity (Wildman–Crippen MR) is 81.9 cm³/mol. The zero-order valence-electron chi connectivity index (χ0n) is 12.2. The number of ether oxygens (including phenoxy) is 1. The van der Waals surface area contributed by atoms with Crippen molar-refractivity contribution < 1.29 is 17.9 Å². The van der Waals surface area contributed by atoms with Crippen LogP contribution in [0.15, 0.2) is 12.1 Å². The van der Waals surface area contributed by atoms with Gasteiger partial charge >= 0.3 is 0 Å². The SMILES string of the molecule is COc1c(C)cc(Cl)cc1C(=O)N(C)C1CCS(=O)(=O)C1. The second kappa shape index (κ2) is 5.85. The summed E-state index contributed by atoms with van der Waals surface area (Å²) in [5.41, 5.74) is 1.12. The van der Waals surface area contributed by atoms with Crippen molar-refractivity contribution >= 4 is 27.3 Å². The molecule has 0 aliphatic carbocycles. The fourth-order valence-corrected chi connectivity index (χ4v) is 4.64. The van der Waals surface area contributed by atoms with E-state index in [0.29, 0.717) is 22.8 Å². The van der Waals surface area contributed by atoms with Crippen LogP contribution in [0.4, 0.5) is 0 Å². The summed E-state index contributed by atoms with van der Waals surface area (Å²) in [5, 5.41) is 0.448. The molecule has 1 heterocycles. The topological polar surface area (TPSA) is 63.7 Å². The highest BCUT2D eigenvalue weighted by Gasteiger charge is 2.34. The molecule has 1 unspecified atom stereocenters. The average molecular weight is 332 g/mol. The van der Waals surface area contributed by atoms with Gasteiger partial charge in [0.25, 0.3) is 5.91 Å². The summed E-state index contributed by atoms with van der Waals surface area (Å²) >= 11 is 6.01. The number of hydrogen-bond acceptors (Lipinski definition) is 4. The largest absolute Gasteiger partial charge is 0.496 e. The Balaban J connectivity index is 2.32. The average Bonchev–Trinajstić information content (AvgIpc) is 2.76. The number of amides is 1. The Morgan fingerprint density at radius 3 is 2.62 bits per heavy atom. The molecule has 1 aliphatic heterocycles. The fourth-order valence-electron chi connectivity index (χ4n) is 2.60. The third kappa shape index (κ3) is 3.32. The van der Waals surface area contributed by atoms with Gasteiger partial charge in [0.15, 0.2) is 9.84 Å². The Morgan fingerprint density at radius 2 is 2.10 bits per heavy atom. The summed E-state index contributed by atoms with van der Waals surface area (Å²) in [6.07, 6.45) is 0.465. The molecular weight excluding hydrogens is 314 g/mol. The van der Waals surface area contributed by atoms with Gasteiger partial charge in [0.1, 0.15) is 5.75 Å². The molecule has 116 valence electrons. The lowest BCUT2D eigenvalue weighted by Crippen LogP contribution is -2.38. The molecule has 1 amide bonds. The number of carbonyl (C=O) groups is 1. The van der Waals surface area contributed by atoms with Crippen LogP contribution in [0.5, 0.6) is 5.75 Å². The number of benzene rings is 1. The second-order valence-electron chi connectivity index (χ2n) is 5.28. The van der Waals surface area contributed by atoms with Crippen molar-refractivity contribution in [2.75, 3.05) is 25.7 Å². The fraction of sp³-hybridized carbons (Fsp3) is 0.500. The first kappa shape index (κ1) is 16.1. The van der Waals surface area contributed by atoms with Crippen LogP contribution < -0.4 is 4.74 Å². The normalized spacial score (nSPS) is 20.3. The highest BCUT2D eigenvalue weighted by Crippen LogP contribution is 2.29. The molecular formula is C14H18ClNO4S. The molecule has 7 heteroatoms. The monoisotopic (exact) mass is 331 g/mol. The van der Waals surface area contributed by atoms with E-state index in [1.165, 1.54) is 12.0 Å². The highest BCUT2D eigenvalue weighted by molar-refractivity contribution is 7.91. The molecule has 0 aromatic heterocycles. The summed E-state index contributed by atoms with van der Waals surface area (Å²) in [7, 11) is 0.0683. The number of nitrogens with zero attached hydrogens (tertiary/aromatic N) is 1. The maximum absolute atomic E-state index is 12.6. The van der Waals surface area contributed by atoms with E-state index in [1.807, 2.05) is 6.92 Å². The van der Waals surface area contributed by atoms with E-state index >= 15 is 0 Å². The summed E-state index contributed by atoms with van der Waals surface area (Å²) in [4.78, 5) is 14.1. The first-order valence-electron chi connectivity index (χ1n) is 6.57. The molecule has 1 atom stereocenters. The summed E-state index contributed by atoms with van der Waals surface area (Å²) in [5.74, 6) is 0.328.